The highest BCUT2D eigenvalue weighted by Gasteiger charge is 2.36. The number of aromatic nitrogens is 3. The molecule has 0 spiro atoms. The summed E-state index contributed by atoms with van der Waals surface area (Å²) in [6.07, 6.45) is 1.59. The molecule has 7 nitrogen and oxygen atoms in total. The molecule has 2 N–H and O–H groups in total. The van der Waals surface area contributed by atoms with E-state index >= 15 is 0 Å². The van der Waals surface area contributed by atoms with E-state index in [-0.39, 0.29) is 5.91 Å². The van der Waals surface area contributed by atoms with Crippen molar-refractivity contribution in [3.8, 4) is 11.4 Å². The normalized spacial score (nSPS) is 15.4. The van der Waals surface area contributed by atoms with Gasteiger partial charge in [-0.05, 0) is 31.2 Å². The third-order valence-corrected chi connectivity index (χ3v) is 4.97. The van der Waals surface area contributed by atoms with Crippen LogP contribution in [0.1, 0.15) is 18.7 Å². The number of carbonyl (C=O) groups excluding carboxylic acids is 1. The highest BCUT2D eigenvalue weighted by molar-refractivity contribution is 6.05. The van der Waals surface area contributed by atoms with Crippen LogP contribution < -0.4 is 10.6 Å². The minimum absolute atomic E-state index is 0.227. The molecule has 0 bridgehead atoms. The average Bonchev–Trinajstić information content (AvgIpc) is 3.44. The maximum atomic E-state index is 13.3. The zero-order valence-electron chi connectivity index (χ0n) is 16.2. The lowest BCUT2D eigenvalue weighted by Crippen LogP contribution is -2.31. The van der Waals surface area contributed by atoms with E-state index in [0.717, 1.165) is 11.3 Å². The fraction of sp³-hybridized carbons (Fsp3) is 0.0870. The summed E-state index contributed by atoms with van der Waals surface area (Å²) in [5.41, 5.74) is 2.83. The number of hydrogen-bond acceptors (Lipinski definition) is 5. The molecule has 148 valence electrons. The van der Waals surface area contributed by atoms with Gasteiger partial charge in [-0.3, -0.25) is 4.79 Å². The third kappa shape index (κ3) is 3.16. The Kier molecular flexibility index (Phi) is 4.40. The number of nitrogens with zero attached hydrogens (tertiary/aromatic N) is 3. The maximum Gasteiger partial charge on any atom is 0.256 e. The van der Waals surface area contributed by atoms with Gasteiger partial charge in [0.1, 0.15) is 11.8 Å². The molecule has 2 aromatic carbocycles. The number of hydrogen-bond donors (Lipinski definition) is 2. The molecule has 2 aromatic heterocycles. The van der Waals surface area contributed by atoms with Gasteiger partial charge in [0.2, 0.25) is 5.95 Å². The van der Waals surface area contributed by atoms with E-state index in [2.05, 4.69) is 15.6 Å². The number of fused-ring (bicyclic) bond motifs is 1. The molecular weight excluding hydrogens is 378 g/mol. The second-order valence-corrected chi connectivity index (χ2v) is 6.97. The van der Waals surface area contributed by atoms with Crippen LogP contribution in [0, 0.1) is 0 Å². The first-order chi connectivity index (χ1) is 14.7. The van der Waals surface area contributed by atoms with Gasteiger partial charge in [-0.15, -0.1) is 5.10 Å². The van der Waals surface area contributed by atoms with E-state index in [0.29, 0.717) is 28.8 Å². The van der Waals surface area contributed by atoms with Crippen LogP contribution in [0.3, 0.4) is 0 Å². The van der Waals surface area contributed by atoms with E-state index in [1.165, 1.54) is 0 Å². The largest absolute Gasteiger partial charge is 0.467 e. The van der Waals surface area contributed by atoms with Crippen LogP contribution >= 0.6 is 0 Å². The molecule has 4 aromatic rings. The topological polar surface area (TPSA) is 85.0 Å². The summed E-state index contributed by atoms with van der Waals surface area (Å²) in [5, 5.41) is 10.9. The van der Waals surface area contributed by atoms with Crippen molar-refractivity contribution in [3.05, 3.63) is 96.1 Å². The van der Waals surface area contributed by atoms with Crippen LogP contribution in [0.2, 0.25) is 0 Å². The summed E-state index contributed by atoms with van der Waals surface area (Å²) < 4.78 is 7.40. The number of nitrogens with one attached hydrogen (secondary N) is 2. The molecular formula is C23H19N5O2. The highest BCUT2D eigenvalue weighted by atomic mass is 16.3. The molecule has 1 aliphatic heterocycles. The molecule has 1 atom stereocenters. The van der Waals surface area contributed by atoms with Crippen molar-refractivity contribution in [1.29, 1.82) is 0 Å². The van der Waals surface area contributed by atoms with Gasteiger partial charge in [0, 0.05) is 16.9 Å². The van der Waals surface area contributed by atoms with Gasteiger partial charge >= 0.3 is 0 Å². The molecule has 30 heavy (non-hydrogen) atoms. The van der Waals surface area contributed by atoms with Crippen LogP contribution in [0.5, 0.6) is 0 Å². The number of rotatable bonds is 4. The third-order valence-electron chi connectivity index (χ3n) is 4.97. The van der Waals surface area contributed by atoms with Crippen molar-refractivity contribution in [2.45, 2.75) is 13.0 Å². The summed E-state index contributed by atoms with van der Waals surface area (Å²) in [4.78, 5) is 17.9. The van der Waals surface area contributed by atoms with E-state index < -0.39 is 6.04 Å². The van der Waals surface area contributed by atoms with Gasteiger partial charge in [-0.25, -0.2) is 4.68 Å². The minimum Gasteiger partial charge on any atom is -0.467 e. The first-order valence-electron chi connectivity index (χ1n) is 9.60. The Hall–Kier alpha value is -4.13. The Morgan fingerprint density at radius 2 is 1.77 bits per heavy atom. The molecule has 5 rings (SSSR count). The summed E-state index contributed by atoms with van der Waals surface area (Å²) in [6.45, 7) is 1.86. The van der Waals surface area contributed by atoms with Crippen molar-refractivity contribution < 1.29 is 9.21 Å². The lowest BCUT2D eigenvalue weighted by molar-refractivity contribution is -0.113. The van der Waals surface area contributed by atoms with Gasteiger partial charge < -0.3 is 15.1 Å². The SMILES string of the molecule is CC1=C(C(=O)Nc2ccccc2)[C@@H](c2ccco2)n2nc(-c3ccccc3)nc2N1. The number of anilines is 2. The van der Waals surface area contributed by atoms with Gasteiger partial charge in [-0.2, -0.15) is 4.98 Å². The summed E-state index contributed by atoms with van der Waals surface area (Å²) in [5.74, 6) is 1.52. The number of allylic oxidation sites excluding steroid dienone is 1. The van der Waals surface area contributed by atoms with E-state index in [1.807, 2.05) is 73.7 Å². The van der Waals surface area contributed by atoms with Crippen molar-refractivity contribution in [3.63, 3.8) is 0 Å². The van der Waals surface area contributed by atoms with Crippen molar-refractivity contribution in [2.75, 3.05) is 10.6 Å². The van der Waals surface area contributed by atoms with Crippen LogP contribution in [-0.2, 0) is 4.79 Å². The Bertz CT molecular complexity index is 1210. The fourth-order valence-corrected chi connectivity index (χ4v) is 3.58. The molecule has 1 amide bonds. The zero-order chi connectivity index (χ0) is 20.5. The number of carbonyl (C=O) groups is 1. The van der Waals surface area contributed by atoms with Gasteiger partial charge in [0.25, 0.3) is 5.91 Å². The lowest BCUT2D eigenvalue weighted by Gasteiger charge is -2.27. The van der Waals surface area contributed by atoms with Crippen LogP contribution in [-0.4, -0.2) is 20.7 Å². The molecule has 0 unspecified atom stereocenters. The van der Waals surface area contributed by atoms with Crippen LogP contribution in [0.25, 0.3) is 11.4 Å². The Balaban J connectivity index is 1.58. The number of benzene rings is 2. The van der Waals surface area contributed by atoms with E-state index in [9.17, 15) is 4.79 Å². The summed E-state index contributed by atoms with van der Waals surface area (Å²) in [7, 11) is 0. The lowest BCUT2D eigenvalue weighted by atomic mass is 10.00. The molecule has 0 fully saturated rings. The molecule has 7 heteroatoms. The van der Waals surface area contributed by atoms with Crippen LogP contribution in [0.4, 0.5) is 11.6 Å². The molecule has 0 saturated carbocycles. The van der Waals surface area contributed by atoms with Gasteiger partial charge in [-0.1, -0.05) is 48.5 Å². The molecule has 3 heterocycles. The maximum absolute atomic E-state index is 13.3. The number of para-hydroxylation sites is 1. The predicted octanol–water partition coefficient (Wildman–Crippen LogP) is 4.47. The van der Waals surface area contributed by atoms with Crippen molar-refractivity contribution >= 4 is 17.5 Å². The summed E-state index contributed by atoms with van der Waals surface area (Å²) in [6, 6.07) is 22.2. The standard InChI is InChI=1S/C23H19N5O2/c1-15-19(22(29)25-17-11-6-3-7-12-17)20(18-13-8-14-30-18)28-23(24-15)26-21(27-28)16-9-4-2-5-10-16/h2-14,20H,1H3,(H,25,29)(H,24,26,27)/t20-/m1/s1. The van der Waals surface area contributed by atoms with E-state index in [1.54, 1.807) is 17.0 Å². The molecule has 0 saturated heterocycles. The Labute approximate surface area is 173 Å². The van der Waals surface area contributed by atoms with Crippen LogP contribution in [0.15, 0.2) is 94.7 Å². The fourth-order valence-electron chi connectivity index (χ4n) is 3.58. The van der Waals surface area contributed by atoms with E-state index in [4.69, 9.17) is 9.52 Å². The quantitative estimate of drug-likeness (QED) is 0.531. The predicted molar refractivity (Wildman–Crippen MR) is 114 cm³/mol. The average molecular weight is 397 g/mol. The molecule has 1 aliphatic rings. The Morgan fingerprint density at radius 3 is 2.47 bits per heavy atom. The monoisotopic (exact) mass is 397 g/mol. The number of amides is 1. The highest BCUT2D eigenvalue weighted by Crippen LogP contribution is 2.36. The number of furan rings is 1. The second-order valence-electron chi connectivity index (χ2n) is 6.97. The zero-order valence-corrected chi connectivity index (χ0v) is 16.2. The van der Waals surface area contributed by atoms with Gasteiger partial charge in [0.05, 0.1) is 11.8 Å². The Morgan fingerprint density at radius 1 is 1.03 bits per heavy atom. The van der Waals surface area contributed by atoms with Gasteiger partial charge in [0.15, 0.2) is 5.82 Å². The minimum atomic E-state index is -0.537. The van der Waals surface area contributed by atoms with Crippen molar-refractivity contribution in [2.24, 2.45) is 0 Å². The van der Waals surface area contributed by atoms with Crippen molar-refractivity contribution in [1.82, 2.24) is 14.8 Å². The first-order valence-corrected chi connectivity index (χ1v) is 9.60. The smallest absolute Gasteiger partial charge is 0.256 e. The first kappa shape index (κ1) is 17.9. The molecule has 0 aliphatic carbocycles. The second kappa shape index (κ2) is 7.36. The molecule has 0 radical (unpaired) electrons. The summed E-state index contributed by atoms with van der Waals surface area (Å²) >= 11 is 0.